The number of thioether (sulfide) groups is 1. The van der Waals surface area contributed by atoms with Crippen molar-refractivity contribution in [3.05, 3.63) is 29.3 Å². The minimum atomic E-state index is 0.213. The molecule has 106 valence electrons. The Labute approximate surface area is 121 Å². The second-order valence-corrected chi connectivity index (χ2v) is 6.81. The molecule has 1 fully saturated rings. The molecule has 0 spiro atoms. The van der Waals surface area contributed by atoms with Crippen molar-refractivity contribution in [2.45, 2.75) is 56.9 Å². The normalized spacial score (nSPS) is 25.2. The quantitative estimate of drug-likeness (QED) is 0.873. The van der Waals surface area contributed by atoms with Crippen LogP contribution in [-0.4, -0.2) is 22.7 Å². The molecule has 0 saturated heterocycles. The summed E-state index contributed by atoms with van der Waals surface area (Å²) >= 11 is 1.99. The second kappa shape index (κ2) is 6.67. The molecule has 1 aliphatic carbocycles. The van der Waals surface area contributed by atoms with Crippen LogP contribution in [0.1, 0.15) is 49.8 Å². The first-order valence-electron chi connectivity index (χ1n) is 7.18. The van der Waals surface area contributed by atoms with Crippen LogP contribution in [0.3, 0.4) is 0 Å². The summed E-state index contributed by atoms with van der Waals surface area (Å²) in [4.78, 5) is 0. The van der Waals surface area contributed by atoms with Crippen LogP contribution >= 0.6 is 11.8 Å². The molecule has 3 atom stereocenters. The number of hydrogen-bond acceptors (Lipinski definition) is 3. The summed E-state index contributed by atoms with van der Waals surface area (Å²) in [5.74, 6) is 0.405. The van der Waals surface area contributed by atoms with Gasteiger partial charge in [0.15, 0.2) is 0 Å². The van der Waals surface area contributed by atoms with Gasteiger partial charge in [-0.3, -0.25) is 0 Å². The molecule has 0 amide bonds. The molecular weight excluding hydrogens is 254 g/mol. The van der Waals surface area contributed by atoms with Crippen LogP contribution in [0.4, 0.5) is 0 Å². The second-order valence-electron chi connectivity index (χ2n) is 5.67. The van der Waals surface area contributed by atoms with Crippen molar-refractivity contribution in [1.82, 2.24) is 5.32 Å². The molecule has 2 N–H and O–H groups in total. The molecule has 2 rings (SSSR count). The third kappa shape index (κ3) is 3.90. The number of aromatic hydroxyl groups is 1. The van der Waals surface area contributed by atoms with Crippen molar-refractivity contribution in [3.63, 3.8) is 0 Å². The lowest BCUT2D eigenvalue weighted by Gasteiger charge is -2.31. The molecule has 0 aliphatic heterocycles. The molecule has 1 saturated carbocycles. The van der Waals surface area contributed by atoms with E-state index in [0.717, 1.165) is 10.8 Å². The largest absolute Gasteiger partial charge is 0.508 e. The van der Waals surface area contributed by atoms with E-state index in [1.807, 2.05) is 17.8 Å². The summed E-state index contributed by atoms with van der Waals surface area (Å²) < 4.78 is 0. The minimum Gasteiger partial charge on any atom is -0.508 e. The molecule has 2 nitrogen and oxygen atoms in total. The number of hydrogen-bond donors (Lipinski definition) is 2. The standard InChI is InChI=1S/C16H25NOS/c1-11-7-8-16(18)15(9-11)12(2)17-13-5-4-6-14(10-13)19-3/h7-9,12-14,17-18H,4-6,10H2,1-3H3. The van der Waals surface area contributed by atoms with E-state index >= 15 is 0 Å². The minimum absolute atomic E-state index is 0.213. The van der Waals surface area contributed by atoms with Crippen LogP contribution < -0.4 is 5.32 Å². The molecule has 1 aromatic rings. The van der Waals surface area contributed by atoms with Crippen molar-refractivity contribution in [2.75, 3.05) is 6.26 Å². The van der Waals surface area contributed by atoms with E-state index in [9.17, 15) is 5.11 Å². The highest BCUT2D eigenvalue weighted by atomic mass is 32.2. The summed E-state index contributed by atoms with van der Waals surface area (Å²) in [6, 6.07) is 6.64. The van der Waals surface area contributed by atoms with Crippen LogP contribution in [0.15, 0.2) is 18.2 Å². The average molecular weight is 279 g/mol. The molecule has 0 radical (unpaired) electrons. The number of rotatable bonds is 4. The fraction of sp³-hybridized carbons (Fsp3) is 0.625. The van der Waals surface area contributed by atoms with Crippen molar-refractivity contribution >= 4 is 11.8 Å². The third-order valence-corrected chi connectivity index (χ3v) is 5.19. The molecule has 1 aliphatic rings. The zero-order chi connectivity index (χ0) is 13.8. The van der Waals surface area contributed by atoms with Crippen molar-refractivity contribution in [3.8, 4) is 5.75 Å². The lowest BCUT2D eigenvalue weighted by atomic mass is 9.93. The Morgan fingerprint density at radius 1 is 1.37 bits per heavy atom. The first-order valence-corrected chi connectivity index (χ1v) is 8.47. The third-order valence-electron chi connectivity index (χ3n) is 4.09. The van der Waals surface area contributed by atoms with Crippen molar-refractivity contribution < 1.29 is 5.11 Å². The lowest BCUT2D eigenvalue weighted by molar-refractivity contribution is 0.348. The molecule has 3 unspecified atom stereocenters. The van der Waals surface area contributed by atoms with Gasteiger partial charge in [0.05, 0.1) is 0 Å². The molecule has 1 aromatic carbocycles. The van der Waals surface area contributed by atoms with Crippen LogP contribution in [0.5, 0.6) is 5.75 Å². The first-order chi connectivity index (χ1) is 9.10. The van der Waals surface area contributed by atoms with Gasteiger partial charge in [-0.2, -0.15) is 11.8 Å². The topological polar surface area (TPSA) is 32.3 Å². The first kappa shape index (κ1) is 14.7. The Morgan fingerprint density at radius 2 is 2.16 bits per heavy atom. The van der Waals surface area contributed by atoms with Gasteiger partial charge < -0.3 is 10.4 Å². The van der Waals surface area contributed by atoms with Crippen molar-refractivity contribution in [1.29, 1.82) is 0 Å². The molecule has 0 heterocycles. The van der Waals surface area contributed by atoms with Gasteiger partial charge in [-0.1, -0.05) is 24.1 Å². The number of nitrogens with one attached hydrogen (secondary N) is 1. The highest BCUT2D eigenvalue weighted by Crippen LogP contribution is 2.30. The number of phenols is 1. The zero-order valence-corrected chi connectivity index (χ0v) is 13.0. The Balaban J connectivity index is 2.00. The van der Waals surface area contributed by atoms with Crippen LogP contribution in [0.25, 0.3) is 0 Å². The lowest BCUT2D eigenvalue weighted by Crippen LogP contribution is -2.36. The van der Waals surface area contributed by atoms with Gasteiger partial charge in [0.2, 0.25) is 0 Å². The smallest absolute Gasteiger partial charge is 0.120 e. The maximum Gasteiger partial charge on any atom is 0.120 e. The summed E-state index contributed by atoms with van der Waals surface area (Å²) in [6.45, 7) is 4.22. The van der Waals surface area contributed by atoms with Crippen LogP contribution in [0, 0.1) is 6.92 Å². The fourth-order valence-electron chi connectivity index (χ4n) is 2.97. The van der Waals surface area contributed by atoms with E-state index in [4.69, 9.17) is 0 Å². The number of phenolic OH excluding ortho intramolecular Hbond substituents is 1. The SMILES string of the molecule is CSC1CCCC(NC(C)c2cc(C)ccc2O)C1. The van der Waals surface area contributed by atoms with Gasteiger partial charge >= 0.3 is 0 Å². The van der Waals surface area contributed by atoms with Gasteiger partial charge in [0.25, 0.3) is 0 Å². The molecule has 0 bridgehead atoms. The molecule has 19 heavy (non-hydrogen) atoms. The Kier molecular flexibility index (Phi) is 5.17. The summed E-state index contributed by atoms with van der Waals surface area (Å²) in [7, 11) is 0. The fourth-order valence-corrected chi connectivity index (χ4v) is 3.80. The average Bonchev–Trinajstić information content (AvgIpc) is 2.41. The zero-order valence-electron chi connectivity index (χ0n) is 12.1. The number of benzene rings is 1. The van der Waals surface area contributed by atoms with Crippen molar-refractivity contribution in [2.24, 2.45) is 0 Å². The monoisotopic (exact) mass is 279 g/mol. The van der Waals surface area contributed by atoms with E-state index in [2.05, 4.69) is 31.5 Å². The van der Waals surface area contributed by atoms with E-state index in [1.165, 1.54) is 31.2 Å². The van der Waals surface area contributed by atoms with E-state index in [-0.39, 0.29) is 6.04 Å². The van der Waals surface area contributed by atoms with E-state index in [1.54, 1.807) is 6.07 Å². The van der Waals surface area contributed by atoms with Gasteiger partial charge in [0, 0.05) is 22.9 Å². The predicted molar refractivity (Wildman–Crippen MR) is 84.0 cm³/mol. The summed E-state index contributed by atoms with van der Waals surface area (Å²) in [5, 5.41) is 14.5. The molecular formula is C16H25NOS. The Hall–Kier alpha value is -0.670. The van der Waals surface area contributed by atoms with E-state index < -0.39 is 0 Å². The van der Waals surface area contributed by atoms with Crippen LogP contribution in [0.2, 0.25) is 0 Å². The van der Waals surface area contributed by atoms with E-state index in [0.29, 0.717) is 11.8 Å². The summed E-state index contributed by atoms with van der Waals surface area (Å²) in [5.41, 5.74) is 2.22. The Morgan fingerprint density at radius 3 is 2.89 bits per heavy atom. The molecule has 3 heteroatoms. The summed E-state index contributed by atoms with van der Waals surface area (Å²) in [6.07, 6.45) is 7.38. The Bertz CT molecular complexity index is 421. The van der Waals surface area contributed by atoms with Gasteiger partial charge in [-0.05, 0) is 45.4 Å². The maximum absolute atomic E-state index is 9.99. The van der Waals surface area contributed by atoms with Gasteiger partial charge in [-0.25, -0.2) is 0 Å². The van der Waals surface area contributed by atoms with Crippen LogP contribution in [-0.2, 0) is 0 Å². The predicted octanol–water partition coefficient (Wildman–Crippen LogP) is 4.03. The highest BCUT2D eigenvalue weighted by Gasteiger charge is 2.23. The highest BCUT2D eigenvalue weighted by molar-refractivity contribution is 7.99. The van der Waals surface area contributed by atoms with Gasteiger partial charge in [-0.15, -0.1) is 0 Å². The van der Waals surface area contributed by atoms with Gasteiger partial charge in [0.1, 0.15) is 5.75 Å². The molecule has 0 aromatic heterocycles. The maximum atomic E-state index is 9.99. The number of aryl methyl sites for hydroxylation is 1.